The summed E-state index contributed by atoms with van der Waals surface area (Å²) in [6.07, 6.45) is 2.57. The largest absolute Gasteiger partial charge is 0.354 e. The van der Waals surface area contributed by atoms with Crippen LogP contribution in [-0.4, -0.2) is 51.9 Å². The van der Waals surface area contributed by atoms with Crippen LogP contribution in [0.1, 0.15) is 22.7 Å². The Bertz CT molecular complexity index is 895. The van der Waals surface area contributed by atoms with E-state index >= 15 is 0 Å². The lowest BCUT2D eigenvalue weighted by Gasteiger charge is -2.23. The van der Waals surface area contributed by atoms with Crippen LogP contribution in [0.5, 0.6) is 0 Å². The van der Waals surface area contributed by atoms with Gasteiger partial charge in [-0.1, -0.05) is 6.07 Å². The molecule has 25 heavy (non-hydrogen) atoms. The van der Waals surface area contributed by atoms with Crippen molar-refractivity contribution >= 4 is 33.3 Å². The van der Waals surface area contributed by atoms with E-state index < -0.39 is 0 Å². The smallest absolute Gasteiger partial charge is 0.272 e. The van der Waals surface area contributed by atoms with Crippen LogP contribution in [0.4, 0.5) is 5.82 Å². The first-order chi connectivity index (χ1) is 12.2. The van der Waals surface area contributed by atoms with Gasteiger partial charge in [-0.2, -0.15) is 0 Å². The molecule has 128 valence electrons. The first kappa shape index (κ1) is 16.0. The number of anilines is 1. The van der Waals surface area contributed by atoms with Gasteiger partial charge < -0.3 is 9.80 Å². The molecule has 0 radical (unpaired) electrons. The van der Waals surface area contributed by atoms with E-state index in [4.69, 9.17) is 0 Å². The van der Waals surface area contributed by atoms with Crippen molar-refractivity contribution in [3.8, 4) is 0 Å². The highest BCUT2D eigenvalue weighted by Crippen LogP contribution is 2.28. The summed E-state index contributed by atoms with van der Waals surface area (Å²) in [7, 11) is 0. The molecule has 3 aromatic heterocycles. The second kappa shape index (κ2) is 6.76. The Kier molecular flexibility index (Phi) is 4.31. The second-order valence-electron chi connectivity index (χ2n) is 6.08. The van der Waals surface area contributed by atoms with Gasteiger partial charge in [-0.3, -0.25) is 9.78 Å². The molecule has 0 saturated carbocycles. The minimum Gasteiger partial charge on any atom is -0.354 e. The fourth-order valence-electron chi connectivity index (χ4n) is 3.17. The Morgan fingerprint density at radius 1 is 1.12 bits per heavy atom. The highest BCUT2D eigenvalue weighted by molar-refractivity contribution is 7.16. The molecule has 0 bridgehead atoms. The number of amides is 1. The van der Waals surface area contributed by atoms with E-state index in [9.17, 15) is 4.79 Å². The predicted molar refractivity (Wildman–Crippen MR) is 99.1 cm³/mol. The number of hydrogen-bond donors (Lipinski definition) is 0. The van der Waals surface area contributed by atoms with Gasteiger partial charge in [0.1, 0.15) is 22.2 Å². The van der Waals surface area contributed by atoms with E-state index in [-0.39, 0.29) is 5.91 Å². The fraction of sp³-hybridized carbons (Fsp3) is 0.333. The summed E-state index contributed by atoms with van der Waals surface area (Å²) in [6.45, 7) is 4.98. The van der Waals surface area contributed by atoms with E-state index in [2.05, 4.69) is 31.3 Å². The Balaban J connectivity index is 1.55. The van der Waals surface area contributed by atoms with Crippen LogP contribution in [-0.2, 0) is 0 Å². The summed E-state index contributed by atoms with van der Waals surface area (Å²) in [4.78, 5) is 31.2. The number of rotatable bonds is 2. The van der Waals surface area contributed by atoms with Crippen molar-refractivity contribution in [3.63, 3.8) is 0 Å². The number of fused-ring (bicyclic) bond motifs is 1. The minimum absolute atomic E-state index is 0.00185. The monoisotopic (exact) mass is 353 g/mol. The number of hydrogen-bond acceptors (Lipinski definition) is 6. The van der Waals surface area contributed by atoms with Crippen molar-refractivity contribution in [3.05, 3.63) is 47.4 Å². The molecule has 0 spiro atoms. The number of pyridine rings is 1. The topological polar surface area (TPSA) is 62.2 Å². The lowest BCUT2D eigenvalue weighted by atomic mass is 10.3. The van der Waals surface area contributed by atoms with Gasteiger partial charge in [0.05, 0.1) is 5.39 Å². The molecule has 0 aliphatic carbocycles. The molecule has 1 fully saturated rings. The molecule has 7 heteroatoms. The number of aryl methyl sites for hydroxylation is 1. The van der Waals surface area contributed by atoms with E-state index in [1.165, 1.54) is 0 Å². The number of carbonyl (C=O) groups is 1. The van der Waals surface area contributed by atoms with Gasteiger partial charge in [-0.25, -0.2) is 9.97 Å². The van der Waals surface area contributed by atoms with E-state index in [1.807, 2.05) is 24.0 Å². The van der Waals surface area contributed by atoms with Crippen molar-refractivity contribution in [2.24, 2.45) is 0 Å². The van der Waals surface area contributed by atoms with Crippen LogP contribution in [0.15, 0.2) is 35.8 Å². The normalized spacial score (nSPS) is 15.4. The standard InChI is InChI=1S/C18H19N5OS/c1-13-20-16(14-6-12-25-17(14)21-13)22-8-4-9-23(11-10-22)18(24)15-5-2-3-7-19-15/h2-3,5-7,12H,4,8-11H2,1H3. The Morgan fingerprint density at radius 2 is 2.04 bits per heavy atom. The molecule has 6 nitrogen and oxygen atoms in total. The van der Waals surface area contributed by atoms with Crippen molar-refractivity contribution in [2.75, 3.05) is 31.1 Å². The van der Waals surface area contributed by atoms with Gasteiger partial charge in [-0.15, -0.1) is 11.3 Å². The number of nitrogens with zero attached hydrogens (tertiary/aromatic N) is 5. The number of aromatic nitrogens is 3. The van der Waals surface area contributed by atoms with Crippen LogP contribution in [0.2, 0.25) is 0 Å². The van der Waals surface area contributed by atoms with Gasteiger partial charge in [0, 0.05) is 32.4 Å². The van der Waals surface area contributed by atoms with E-state index in [0.29, 0.717) is 12.2 Å². The predicted octanol–water partition coefficient (Wildman–Crippen LogP) is 2.75. The average Bonchev–Trinajstić information content (AvgIpc) is 2.96. The molecule has 1 aliphatic rings. The molecule has 4 rings (SSSR count). The lowest BCUT2D eigenvalue weighted by Crippen LogP contribution is -2.35. The second-order valence-corrected chi connectivity index (χ2v) is 6.98. The number of thiophene rings is 1. The zero-order valence-electron chi connectivity index (χ0n) is 14.1. The van der Waals surface area contributed by atoms with Crippen molar-refractivity contribution < 1.29 is 4.79 Å². The summed E-state index contributed by atoms with van der Waals surface area (Å²) < 4.78 is 0. The molecule has 1 saturated heterocycles. The average molecular weight is 353 g/mol. The Labute approximate surface area is 150 Å². The van der Waals surface area contributed by atoms with Gasteiger partial charge >= 0.3 is 0 Å². The van der Waals surface area contributed by atoms with Crippen molar-refractivity contribution in [1.82, 2.24) is 19.9 Å². The summed E-state index contributed by atoms with van der Waals surface area (Å²) in [5.41, 5.74) is 0.508. The summed E-state index contributed by atoms with van der Waals surface area (Å²) in [5.74, 6) is 1.77. The third-order valence-electron chi connectivity index (χ3n) is 4.38. The maximum Gasteiger partial charge on any atom is 0.272 e. The molecule has 4 heterocycles. The molecule has 0 aromatic carbocycles. The first-order valence-corrected chi connectivity index (χ1v) is 9.27. The van der Waals surface area contributed by atoms with Crippen LogP contribution < -0.4 is 4.90 Å². The van der Waals surface area contributed by atoms with Gasteiger partial charge in [0.2, 0.25) is 0 Å². The van der Waals surface area contributed by atoms with Gasteiger partial charge in [0.15, 0.2) is 0 Å². The van der Waals surface area contributed by atoms with Crippen LogP contribution in [0.3, 0.4) is 0 Å². The molecule has 1 amide bonds. The Morgan fingerprint density at radius 3 is 2.88 bits per heavy atom. The molecule has 3 aromatic rings. The summed E-state index contributed by atoms with van der Waals surface area (Å²) >= 11 is 1.64. The van der Waals surface area contributed by atoms with Crippen molar-refractivity contribution in [2.45, 2.75) is 13.3 Å². The highest BCUT2D eigenvalue weighted by atomic mass is 32.1. The quantitative estimate of drug-likeness (QED) is 0.709. The molecular formula is C18H19N5OS. The number of carbonyl (C=O) groups excluding carboxylic acids is 1. The van der Waals surface area contributed by atoms with Crippen LogP contribution in [0.25, 0.3) is 10.2 Å². The van der Waals surface area contributed by atoms with Crippen LogP contribution in [0, 0.1) is 6.92 Å². The van der Waals surface area contributed by atoms with E-state index in [0.717, 1.165) is 47.9 Å². The first-order valence-electron chi connectivity index (χ1n) is 8.39. The maximum atomic E-state index is 12.6. The molecular weight excluding hydrogens is 334 g/mol. The lowest BCUT2D eigenvalue weighted by molar-refractivity contribution is 0.0761. The van der Waals surface area contributed by atoms with Gasteiger partial charge in [-0.05, 0) is 36.9 Å². The maximum absolute atomic E-state index is 12.6. The Hall–Kier alpha value is -2.54. The summed E-state index contributed by atoms with van der Waals surface area (Å²) in [5, 5.41) is 3.15. The minimum atomic E-state index is 0.00185. The molecule has 0 atom stereocenters. The summed E-state index contributed by atoms with van der Waals surface area (Å²) in [6, 6.07) is 7.52. The van der Waals surface area contributed by atoms with Crippen LogP contribution >= 0.6 is 11.3 Å². The van der Waals surface area contributed by atoms with Crippen molar-refractivity contribution in [1.29, 1.82) is 0 Å². The SMILES string of the molecule is Cc1nc(N2CCCN(C(=O)c3ccccn3)CC2)c2ccsc2n1. The third-order valence-corrected chi connectivity index (χ3v) is 5.19. The fourth-order valence-corrected chi connectivity index (χ4v) is 3.97. The molecule has 1 aliphatic heterocycles. The van der Waals surface area contributed by atoms with Gasteiger partial charge in [0.25, 0.3) is 5.91 Å². The molecule has 0 N–H and O–H groups in total. The van der Waals surface area contributed by atoms with E-state index in [1.54, 1.807) is 23.6 Å². The third kappa shape index (κ3) is 3.19. The zero-order chi connectivity index (χ0) is 17.2. The zero-order valence-corrected chi connectivity index (χ0v) is 14.9. The molecule has 0 unspecified atom stereocenters. The highest BCUT2D eigenvalue weighted by Gasteiger charge is 2.23.